The number of ether oxygens (including phenoxy) is 1. The maximum Gasteiger partial charge on any atom is 0.161 e. The zero-order chi connectivity index (χ0) is 33.8. The molecule has 3 N–H and O–H groups in total. The highest BCUT2D eigenvalue weighted by atomic mass is 16.6. The van der Waals surface area contributed by atoms with Gasteiger partial charge >= 0.3 is 0 Å². The molecule has 0 radical (unpaired) electrons. The van der Waals surface area contributed by atoms with E-state index in [1.807, 2.05) is 115 Å². The molecule has 45 heavy (non-hydrogen) atoms. The Labute approximate surface area is 271 Å². The fraction of sp³-hybridized carbons (Fsp3) is 0.550. The Hall–Kier alpha value is -2.79. The largest absolute Gasteiger partial charge is 0.393 e. The molecule has 1 aliphatic heterocycles. The van der Waals surface area contributed by atoms with Crippen LogP contribution in [0.1, 0.15) is 101 Å². The Kier molecular flexibility index (Phi) is 11.3. The van der Waals surface area contributed by atoms with Crippen molar-refractivity contribution in [3.8, 4) is 0 Å². The van der Waals surface area contributed by atoms with E-state index in [4.69, 9.17) is 4.74 Å². The predicted molar refractivity (Wildman–Crippen MR) is 185 cm³/mol. The molecule has 3 fully saturated rings. The van der Waals surface area contributed by atoms with E-state index in [-0.39, 0.29) is 22.7 Å². The highest BCUT2D eigenvalue weighted by Gasteiger charge is 2.76. The molecule has 0 unspecified atom stereocenters. The van der Waals surface area contributed by atoms with E-state index in [0.717, 1.165) is 22.3 Å². The van der Waals surface area contributed by atoms with Crippen LogP contribution in [0.4, 0.5) is 0 Å². The number of rotatable bonds is 10. The van der Waals surface area contributed by atoms with Crippen LogP contribution in [0, 0.1) is 10.8 Å². The average molecular weight is 617 g/mol. The molecular weight excluding hydrogens is 560 g/mol. The van der Waals surface area contributed by atoms with Gasteiger partial charge < -0.3 is 20.1 Å². The van der Waals surface area contributed by atoms with Crippen molar-refractivity contribution in [2.45, 2.75) is 130 Å². The van der Waals surface area contributed by atoms with E-state index in [1.165, 1.54) is 0 Å². The van der Waals surface area contributed by atoms with Crippen LogP contribution in [0.15, 0.2) is 100 Å². The van der Waals surface area contributed by atoms with Crippen molar-refractivity contribution in [2.75, 3.05) is 0 Å². The lowest BCUT2D eigenvalue weighted by Crippen LogP contribution is -2.48. The van der Waals surface area contributed by atoms with Crippen molar-refractivity contribution in [1.82, 2.24) is 0 Å². The van der Waals surface area contributed by atoms with Crippen molar-refractivity contribution < 1.29 is 24.9 Å². The van der Waals surface area contributed by atoms with Crippen molar-refractivity contribution in [3.05, 3.63) is 100 Å². The van der Waals surface area contributed by atoms with Gasteiger partial charge in [0.1, 0.15) is 5.60 Å². The normalized spacial score (nSPS) is 33.9. The molecule has 0 aromatic rings. The van der Waals surface area contributed by atoms with E-state index < -0.39 is 22.9 Å². The van der Waals surface area contributed by atoms with Gasteiger partial charge in [-0.2, -0.15) is 0 Å². The predicted octanol–water partition coefficient (Wildman–Crippen LogP) is 8.12. The zero-order valence-electron chi connectivity index (χ0n) is 29.2. The van der Waals surface area contributed by atoms with Crippen molar-refractivity contribution in [3.63, 3.8) is 0 Å². The molecule has 246 valence electrons. The van der Waals surface area contributed by atoms with Gasteiger partial charge in [0, 0.05) is 24.8 Å². The molecule has 0 bridgehead atoms. The van der Waals surface area contributed by atoms with Crippen LogP contribution in [-0.4, -0.2) is 50.1 Å². The van der Waals surface area contributed by atoms with Gasteiger partial charge in [-0.15, -0.1) is 5.73 Å². The molecule has 2 aliphatic carbocycles. The van der Waals surface area contributed by atoms with Crippen LogP contribution in [-0.2, 0) is 9.53 Å². The van der Waals surface area contributed by atoms with Gasteiger partial charge in [0.2, 0.25) is 0 Å². The van der Waals surface area contributed by atoms with Crippen LogP contribution >= 0.6 is 0 Å². The molecular formula is C40H56O5. The number of aliphatic hydroxyl groups is 3. The quantitative estimate of drug-likeness (QED) is 0.0998. The molecule has 0 aromatic carbocycles. The number of carbonyl (C=O) groups is 1. The Balaban J connectivity index is 1.53. The first-order valence-corrected chi connectivity index (χ1v) is 16.2. The number of fused-ring (bicyclic) bond motifs is 1. The zero-order valence-corrected chi connectivity index (χ0v) is 29.2. The standard InChI is InChI=1S/C40H56O5/c1-28(17-13-18-30(3)21-22-35-36(5,6)23-32(41)25-38(35,9)44)15-11-12-16-29(2)19-14-20-31(4)34(43)27-40-37(7,8)24-33(42)26-39(40,10)45-40/h11-21,32-33,41-42,44H,23-27H2,1-10H3/b12-11+,17-13+,19-14+,28-15+,29-16+,30-18+,31-20+/t22?,32-,33-,38-,39-,40+/m1/s1. The highest BCUT2D eigenvalue weighted by Crippen LogP contribution is 2.67. The number of allylic oxidation sites excluding steroid dienone is 14. The van der Waals surface area contributed by atoms with Crippen molar-refractivity contribution in [1.29, 1.82) is 0 Å². The molecule has 0 aromatic heterocycles. The molecule has 3 rings (SSSR count). The van der Waals surface area contributed by atoms with Gasteiger partial charge in [0.25, 0.3) is 0 Å². The van der Waals surface area contributed by atoms with Crippen LogP contribution < -0.4 is 0 Å². The van der Waals surface area contributed by atoms with Crippen LogP contribution in [0.25, 0.3) is 0 Å². The fourth-order valence-electron chi connectivity index (χ4n) is 7.48. The number of hydrogen-bond acceptors (Lipinski definition) is 5. The first kappa shape index (κ1) is 36.7. The summed E-state index contributed by atoms with van der Waals surface area (Å²) in [4.78, 5) is 13.1. The lowest BCUT2D eigenvalue weighted by atomic mass is 9.61. The third-order valence-electron chi connectivity index (χ3n) is 9.82. The summed E-state index contributed by atoms with van der Waals surface area (Å²) in [5, 5.41) is 31.2. The van der Waals surface area contributed by atoms with Crippen molar-refractivity contribution >= 4 is 5.78 Å². The summed E-state index contributed by atoms with van der Waals surface area (Å²) in [6.45, 7) is 20.0. The van der Waals surface area contributed by atoms with E-state index in [2.05, 4.69) is 19.6 Å². The Morgan fingerprint density at radius 1 is 0.778 bits per heavy atom. The van der Waals surface area contributed by atoms with Crippen LogP contribution in [0.2, 0.25) is 0 Å². The summed E-state index contributed by atoms with van der Waals surface area (Å²) in [5.74, 6) is 0.0863. The Bertz CT molecular complexity index is 1400. The maximum atomic E-state index is 13.1. The molecule has 5 atom stereocenters. The highest BCUT2D eigenvalue weighted by molar-refractivity contribution is 5.96. The molecule has 2 saturated carbocycles. The molecule has 1 saturated heterocycles. The number of epoxide rings is 1. The van der Waals surface area contributed by atoms with E-state index >= 15 is 0 Å². The number of ketones is 1. The third-order valence-corrected chi connectivity index (χ3v) is 9.82. The smallest absolute Gasteiger partial charge is 0.161 e. The number of hydrogen-bond donors (Lipinski definition) is 3. The molecule has 5 heteroatoms. The van der Waals surface area contributed by atoms with Gasteiger partial charge in [-0.1, -0.05) is 99.6 Å². The molecule has 5 nitrogen and oxygen atoms in total. The summed E-state index contributed by atoms with van der Waals surface area (Å²) in [6, 6.07) is 0. The Morgan fingerprint density at radius 3 is 1.87 bits per heavy atom. The monoisotopic (exact) mass is 616 g/mol. The summed E-state index contributed by atoms with van der Waals surface area (Å²) < 4.78 is 6.18. The number of carbonyl (C=O) groups excluding carboxylic acids is 1. The second-order valence-corrected chi connectivity index (χ2v) is 15.3. The van der Waals surface area contributed by atoms with Gasteiger partial charge in [-0.3, -0.25) is 4.79 Å². The van der Waals surface area contributed by atoms with E-state index in [1.54, 1.807) is 6.92 Å². The van der Waals surface area contributed by atoms with Gasteiger partial charge in [0.05, 0.1) is 23.4 Å². The lowest BCUT2D eigenvalue weighted by molar-refractivity contribution is -0.118. The van der Waals surface area contributed by atoms with Crippen LogP contribution in [0.3, 0.4) is 0 Å². The lowest BCUT2D eigenvalue weighted by Gasteiger charge is -2.43. The van der Waals surface area contributed by atoms with Gasteiger partial charge in [0.15, 0.2) is 5.78 Å². The minimum Gasteiger partial charge on any atom is -0.393 e. The van der Waals surface area contributed by atoms with E-state index in [0.29, 0.717) is 37.7 Å². The topological polar surface area (TPSA) is 90.3 Å². The first-order valence-electron chi connectivity index (χ1n) is 16.2. The van der Waals surface area contributed by atoms with Crippen LogP contribution in [0.5, 0.6) is 0 Å². The molecule has 0 spiro atoms. The van der Waals surface area contributed by atoms with Crippen molar-refractivity contribution in [2.24, 2.45) is 10.8 Å². The summed E-state index contributed by atoms with van der Waals surface area (Å²) in [6.07, 6.45) is 23.4. The maximum absolute atomic E-state index is 13.1. The third kappa shape index (κ3) is 8.93. The number of Topliss-reactive ketones (excluding diaryl/α,β-unsaturated/α-hetero) is 1. The minimum absolute atomic E-state index is 0.0863. The summed E-state index contributed by atoms with van der Waals surface area (Å²) in [5.41, 5.74) is 5.48. The first-order chi connectivity index (χ1) is 20.7. The minimum atomic E-state index is -1.07. The van der Waals surface area contributed by atoms with Gasteiger partial charge in [-0.25, -0.2) is 0 Å². The van der Waals surface area contributed by atoms with Gasteiger partial charge in [-0.05, 0) is 82.4 Å². The fourth-order valence-corrected chi connectivity index (χ4v) is 7.48. The second kappa shape index (κ2) is 13.9. The number of aliphatic hydroxyl groups excluding tert-OH is 2. The average Bonchev–Trinajstić information content (AvgIpc) is 3.49. The SMILES string of the molecule is C\C(C=C=C1C(C)(C)C[C@@H](O)C[C@@]1(C)O)=C/C=C/C(C)=C/C=C/C=C(C)/C=C/C=C(\C)C(=O)C[C@@]12O[C@]1(C)C[C@H](O)CC2(C)C. The second-order valence-electron chi connectivity index (χ2n) is 15.3. The summed E-state index contributed by atoms with van der Waals surface area (Å²) in [7, 11) is 0. The molecule has 0 amide bonds. The Morgan fingerprint density at radius 2 is 1.31 bits per heavy atom. The summed E-state index contributed by atoms with van der Waals surface area (Å²) >= 11 is 0. The van der Waals surface area contributed by atoms with E-state index in [9.17, 15) is 20.1 Å². The molecule has 1 heterocycles. The molecule has 3 aliphatic rings.